The fourth-order valence-corrected chi connectivity index (χ4v) is 16.8. The van der Waals surface area contributed by atoms with E-state index in [0.717, 1.165) is 48.8 Å². The smallest absolute Gasteiger partial charge is 0.394 e. The number of carbonyl (C=O) groups excluding carboxylic acids is 3. The second kappa shape index (κ2) is 64.1. The summed E-state index contributed by atoms with van der Waals surface area (Å²) < 4.78 is 109. The van der Waals surface area contributed by atoms with Gasteiger partial charge in [0.05, 0.1) is 180 Å². The number of nitrogens with zero attached hydrogens (tertiary/aromatic N) is 4. The Kier molecular flexibility index (Phi) is 57.5. The van der Waals surface area contributed by atoms with Crippen molar-refractivity contribution >= 4 is 54.9 Å². The number of hydrogen-bond acceptors (Lipinski definition) is 60. The van der Waals surface area contributed by atoms with Gasteiger partial charge in [-0.15, -0.1) is 11.3 Å². The molecular weight excluding hydrogens is 2110 g/mol. The molecule has 67 heteroatoms. The third-order valence-electron chi connectivity index (χ3n) is 25.2. The molecule has 12 rings (SSSR count). The van der Waals surface area contributed by atoms with Crippen molar-refractivity contribution in [3.05, 3.63) is 67.6 Å². The van der Waals surface area contributed by atoms with Crippen LogP contribution in [0.3, 0.4) is 0 Å². The molecule has 149 heavy (non-hydrogen) atoms. The van der Waals surface area contributed by atoms with Crippen molar-refractivity contribution < 1.29 is 257 Å². The van der Waals surface area contributed by atoms with E-state index < -0.39 is 306 Å². The van der Waals surface area contributed by atoms with E-state index >= 15 is 0 Å². The number of epoxide rings is 3. The van der Waals surface area contributed by atoms with Gasteiger partial charge in [-0.05, 0) is 51.2 Å². The molecule has 65 nitrogen and oxygen atoms in total. The molecule has 11 aliphatic rings. The molecule has 0 radical (unpaired) electrons. The Labute approximate surface area is 865 Å². The van der Waals surface area contributed by atoms with E-state index in [1.165, 1.54) is 5.48 Å². The minimum Gasteiger partial charge on any atom is -0.394 e. The van der Waals surface area contributed by atoms with Crippen LogP contribution in [0.1, 0.15) is 84.3 Å². The number of aromatic nitrogens is 1. The summed E-state index contributed by atoms with van der Waals surface area (Å²) >= 11 is 1.58. The molecule has 3 amide bonds. The summed E-state index contributed by atoms with van der Waals surface area (Å²) in [5, 5.41) is 324. The number of nitrogens with two attached hydrogens (primary N) is 1. The van der Waals surface area contributed by atoms with E-state index in [1.807, 2.05) is 32.2 Å². The second-order valence-corrected chi connectivity index (χ2v) is 37.5. The Balaban J connectivity index is 0.000000444. The van der Waals surface area contributed by atoms with Gasteiger partial charge in [-0.1, -0.05) is 34.1 Å². The number of aliphatic hydroxyl groups is 25. The molecule has 11 saturated heterocycles. The monoisotopic (exact) mass is 2250 g/mol. The number of primary amides is 1. The van der Waals surface area contributed by atoms with Crippen LogP contribution in [0.15, 0.2) is 11.0 Å². The van der Waals surface area contributed by atoms with Gasteiger partial charge in [-0.2, -0.15) is 0 Å². The molecule has 2 unspecified atom stereocenters. The Morgan fingerprint density at radius 3 is 1.18 bits per heavy atom. The first-order chi connectivity index (χ1) is 69.6. The predicted molar refractivity (Wildman–Crippen MR) is 484 cm³/mol. The number of amides is 3. The van der Waals surface area contributed by atoms with Crippen molar-refractivity contribution in [2.45, 2.75) is 338 Å². The van der Waals surface area contributed by atoms with Crippen molar-refractivity contribution in [2.24, 2.45) is 23.0 Å². The van der Waals surface area contributed by atoms with Crippen LogP contribution in [-0.2, 0) is 104 Å². The Hall–Kier alpha value is -5.82. The molecule has 1 aromatic heterocycles. The molecule has 1 aromatic rings. The van der Waals surface area contributed by atoms with Crippen LogP contribution < -0.4 is 16.5 Å². The first-order valence-corrected chi connectivity index (χ1v) is 47.4. The standard InChI is InChI=1S/C42H72O36.C27H42N2O5S.C12H22O6.CH4N2O2.Ga.3NO3/c43-1-8-15(48)22(55)25(58)37(69-8)66-6-13-20(53)32(28(61)36(65)68-13)75-40-29(62)33(18(51)11(4-46)72-40)77-41-30(63)34(19(52)12(5-47)73-41)78-42-31(64)35(76-39-27(60)24(57)17(50)10(3-45)71-39)21(54)14(74-42)7-67-38-26(59)23(56)16(49)9(2-44)70-38;1-15-9-8-10-27(7)22(34-27)12-20(16(2)11-19-14-35-18(4)28-19)29-23(31)13-21(30)26(5,6)25(33)17(3)24(15)32;1(13-3-5-15-7-11-9-17-11)2-14-4-6-16-8-12-10-18-12;2-1(4)3-5;;3*2-1(3)4/h8-65H,1-7H2;11,14-15,17,20-22,24,30,32H,8-10,12-13H2,1-7H3,(H,29,31);11-12H,1-10H2;5H,(H3,2,3,4);;;;/q;;;;+3;3*-1/b;16-11+;;;;;;/t8-,9-,10-,11-,12-,13-,14-,15-,16-,17-,18-,19-,20-,21-,22+,23+,24+,25-,26-,27-,28-,29-,30-,31-,32+,33+,34+,35+,36-,37-,38-,39+,40+,41+,42+;15-,17+,20-,21-,22-,24-,27+;;;;;;/m10....../s1. The minimum absolute atomic E-state index is 0. The third-order valence-corrected chi connectivity index (χ3v) is 26.0. The normalized spacial score (nSPS) is 40.6. The molecule has 0 spiro atoms. The van der Waals surface area contributed by atoms with Crippen molar-refractivity contribution in [3.63, 3.8) is 0 Å². The maximum atomic E-state index is 13.2. The summed E-state index contributed by atoms with van der Waals surface area (Å²) in [6.07, 6.45) is -65.8. The van der Waals surface area contributed by atoms with Gasteiger partial charge < -0.3 is 279 Å². The average molecular weight is 2250 g/mol. The van der Waals surface area contributed by atoms with E-state index in [9.17, 15) is 142 Å². The molecule has 0 aromatic carbocycles. The number of carbonyl (C=O) groups is 3. The van der Waals surface area contributed by atoms with Gasteiger partial charge in [-0.3, -0.25) is 14.8 Å². The summed E-state index contributed by atoms with van der Waals surface area (Å²) in [5.41, 5.74) is 5.87. The summed E-state index contributed by atoms with van der Waals surface area (Å²) in [7, 11) is 0. The largest absolute Gasteiger partial charge is 3.00 e. The van der Waals surface area contributed by atoms with Crippen LogP contribution in [0.25, 0.3) is 6.08 Å². The fraction of sp³-hybridized carbons (Fsp3) is 0.902. The predicted octanol–water partition coefficient (Wildman–Crippen LogP) is -14.4. The van der Waals surface area contributed by atoms with Crippen molar-refractivity contribution in [1.82, 2.24) is 15.8 Å². The topological polar surface area (TPSA) is 1030 Å². The molecule has 0 saturated carbocycles. The number of urea groups is 1. The fourth-order valence-electron chi connectivity index (χ4n) is 16.3. The van der Waals surface area contributed by atoms with Crippen LogP contribution in [0, 0.1) is 70.1 Å². The number of ether oxygens (including phenoxy) is 20. The molecule has 12 heterocycles. The molecule has 11 aliphatic heterocycles. The van der Waals surface area contributed by atoms with Crippen LogP contribution in [0.4, 0.5) is 4.79 Å². The van der Waals surface area contributed by atoms with E-state index in [4.69, 9.17) is 146 Å². The SMILES string of the molecule is C(COCCOCC1CO1)OCCOCC1CO1.C/C(=C\c1csc(C)n1)[C@@H]1C[C@@H]2O[C@]2(C)CCC[C@H](C)[C@H](O)[C@@H](C)C(=O)C(C)(C)[C@@H](O)CC(=O)N1.NC(=O)NO.O=[N+]([O-])[O-].O=[N+]([O-])[O-].O=[N+]([O-])[O-].OC[C@H]1O[C@@H](OC[C@H]2O[C@@H](O)[C@H](O)[C@@H](O[C@@H]3O[C@H](CO)[C@@H](O)[C@H](O[C@@H]4O[C@H](CO)[C@@H](O)[C@H](O[C@@H]5O[C@H](CO[C@@H]6O[C@H](CO)[C@@H](O)[C@H](O)[C@H]6O)[C@@H](O)[C@H](O[C@@H]6O[C@H](CO)[C@@H](O)[C@H](O)[C@H]6O)[C@H]5O)[C@H]4O)[C@H]3O)[C@@H]2O)[C@H](O)[C@@H](O)[C@@H]1O.[Ga+3]. The molecule has 44 atom stereocenters. The van der Waals surface area contributed by atoms with Crippen LogP contribution in [0.2, 0.25) is 0 Å². The number of ketones is 1. The van der Waals surface area contributed by atoms with Gasteiger partial charge in [0.2, 0.25) is 5.91 Å². The maximum Gasteiger partial charge on any atom is 3.00 e. The van der Waals surface area contributed by atoms with Crippen LogP contribution in [0.5, 0.6) is 0 Å². The molecule has 0 bridgehead atoms. The maximum absolute atomic E-state index is 13.2. The molecule has 0 aliphatic carbocycles. The number of hydroxylamine groups is 1. The zero-order chi connectivity index (χ0) is 111. The Bertz CT molecular complexity index is 4020. The zero-order valence-corrected chi connectivity index (χ0v) is 84.8. The Morgan fingerprint density at radius 1 is 0.497 bits per heavy atom. The summed E-state index contributed by atoms with van der Waals surface area (Å²) in [6.45, 7) is 13.1. The van der Waals surface area contributed by atoms with Crippen molar-refractivity contribution in [1.29, 1.82) is 0 Å². The first kappa shape index (κ1) is 134. The summed E-state index contributed by atoms with van der Waals surface area (Å²) in [5.74, 6) is -1.24. The van der Waals surface area contributed by atoms with E-state index in [1.54, 1.807) is 32.1 Å². The number of hydrogen-bond donors (Lipinski definition) is 29. The average Bonchev–Trinajstić information content (AvgIpc) is 1.52. The number of aliphatic hydroxyl groups excluding tert-OH is 25. The second-order valence-electron chi connectivity index (χ2n) is 36.5. The number of nitrogens with one attached hydrogen (secondary N) is 2. The van der Waals surface area contributed by atoms with E-state index in [0.29, 0.717) is 71.5 Å². The number of Topliss-reactive ketones (excluding diaryl/α,β-unsaturated/α-hetero) is 1. The number of thiazole rings is 1. The first-order valence-electron chi connectivity index (χ1n) is 46.5. The molecule has 11 fully saturated rings. The zero-order valence-electron chi connectivity index (χ0n) is 81.6. The minimum atomic E-state index is -2.35. The van der Waals surface area contributed by atoms with E-state index in [-0.39, 0.29) is 61.6 Å². The van der Waals surface area contributed by atoms with Gasteiger partial charge in [0.15, 0.2) is 44.0 Å². The van der Waals surface area contributed by atoms with E-state index in [2.05, 4.69) is 23.0 Å². The van der Waals surface area contributed by atoms with Gasteiger partial charge in [0.1, 0.15) is 189 Å². The van der Waals surface area contributed by atoms with Gasteiger partial charge in [-0.25, -0.2) is 15.3 Å². The molecule has 860 valence electrons. The Morgan fingerprint density at radius 2 is 0.826 bits per heavy atom. The number of rotatable bonds is 34. The number of fused-ring (bicyclic) bond motifs is 1. The van der Waals surface area contributed by atoms with Crippen molar-refractivity contribution in [3.8, 4) is 0 Å². The van der Waals surface area contributed by atoms with Crippen LogP contribution >= 0.6 is 11.3 Å². The molecular formula is C82H140GaN7O58S. The van der Waals surface area contributed by atoms with Gasteiger partial charge >= 0.3 is 25.8 Å². The van der Waals surface area contributed by atoms with Crippen LogP contribution in [-0.4, -0.2) is 560 Å². The number of aryl methyl sites for hydroxylation is 1. The van der Waals surface area contributed by atoms with Gasteiger partial charge in [0.25, 0.3) is 0 Å². The quantitative estimate of drug-likeness (QED) is 0.00761. The molecule has 30 N–H and O–H groups in total. The van der Waals surface area contributed by atoms with Gasteiger partial charge in [0, 0.05) is 17.7 Å². The van der Waals surface area contributed by atoms with Crippen molar-refractivity contribution in [2.75, 3.05) is 112 Å². The third kappa shape index (κ3) is 40.6. The summed E-state index contributed by atoms with van der Waals surface area (Å²) in [4.78, 5) is 64.8. The summed E-state index contributed by atoms with van der Waals surface area (Å²) in [6, 6.07) is -1.21.